The summed E-state index contributed by atoms with van der Waals surface area (Å²) >= 11 is 0. The molecule has 23 heavy (non-hydrogen) atoms. The largest absolute Gasteiger partial charge is 0.324 e. The molecule has 3 rings (SSSR count). The van der Waals surface area contributed by atoms with Crippen LogP contribution in [-0.4, -0.2) is 25.5 Å². The van der Waals surface area contributed by atoms with E-state index in [4.69, 9.17) is 0 Å². The van der Waals surface area contributed by atoms with Crippen molar-refractivity contribution in [1.82, 2.24) is 19.6 Å². The highest BCUT2D eigenvalue weighted by molar-refractivity contribution is 5.90. The van der Waals surface area contributed by atoms with E-state index in [1.807, 2.05) is 0 Å². The van der Waals surface area contributed by atoms with Gasteiger partial charge >= 0.3 is 0 Å². The molecule has 7 nitrogen and oxygen atoms in total. The van der Waals surface area contributed by atoms with Gasteiger partial charge in [-0.1, -0.05) is 0 Å². The van der Waals surface area contributed by atoms with Crippen LogP contribution in [0.3, 0.4) is 0 Å². The Bertz CT molecular complexity index is 872. The molecule has 0 aliphatic carbocycles. The molecule has 0 aliphatic heterocycles. The summed E-state index contributed by atoms with van der Waals surface area (Å²) in [6.07, 6.45) is 3.26. The highest BCUT2D eigenvalue weighted by Crippen LogP contribution is 2.08. The van der Waals surface area contributed by atoms with Crippen molar-refractivity contribution in [3.63, 3.8) is 0 Å². The van der Waals surface area contributed by atoms with E-state index in [1.165, 1.54) is 41.1 Å². The van der Waals surface area contributed by atoms with Crippen molar-refractivity contribution in [2.75, 3.05) is 5.32 Å². The zero-order valence-electron chi connectivity index (χ0n) is 11.9. The normalized spacial score (nSPS) is 10.5. The van der Waals surface area contributed by atoms with Gasteiger partial charge in [0.25, 0.3) is 5.56 Å². The number of rotatable bonds is 4. The van der Waals surface area contributed by atoms with Gasteiger partial charge in [0.2, 0.25) is 5.91 Å². The number of benzene rings is 1. The summed E-state index contributed by atoms with van der Waals surface area (Å²) in [6, 6.07) is 9.89. The maximum Gasteiger partial charge on any atom is 0.267 e. The van der Waals surface area contributed by atoms with Gasteiger partial charge in [-0.05, 0) is 36.4 Å². The van der Waals surface area contributed by atoms with Crippen LogP contribution in [-0.2, 0) is 11.3 Å². The highest BCUT2D eigenvalue weighted by Gasteiger charge is 2.08. The molecule has 116 valence electrons. The molecule has 0 fully saturated rings. The average molecular weight is 313 g/mol. The van der Waals surface area contributed by atoms with E-state index in [0.29, 0.717) is 11.5 Å². The second kappa shape index (κ2) is 6.22. The number of aromatic nitrogens is 4. The van der Waals surface area contributed by atoms with Gasteiger partial charge in [-0.15, -0.1) is 5.10 Å². The average Bonchev–Trinajstić information content (AvgIpc) is 3.06. The van der Waals surface area contributed by atoms with Gasteiger partial charge in [-0.2, -0.15) is 5.10 Å². The zero-order chi connectivity index (χ0) is 16.2. The van der Waals surface area contributed by atoms with Crippen molar-refractivity contribution in [2.24, 2.45) is 0 Å². The molecule has 2 aromatic heterocycles. The monoisotopic (exact) mass is 313 g/mol. The first kappa shape index (κ1) is 14.6. The Labute approximate surface area is 130 Å². The molecular formula is C15H12FN5O2. The van der Waals surface area contributed by atoms with E-state index in [9.17, 15) is 14.0 Å². The minimum atomic E-state index is -0.441. The van der Waals surface area contributed by atoms with E-state index in [-0.39, 0.29) is 6.54 Å². The molecule has 2 heterocycles. The van der Waals surface area contributed by atoms with Crippen LogP contribution < -0.4 is 10.9 Å². The molecule has 0 radical (unpaired) electrons. The summed E-state index contributed by atoms with van der Waals surface area (Å²) in [7, 11) is 0. The van der Waals surface area contributed by atoms with Gasteiger partial charge in [0.1, 0.15) is 12.4 Å². The van der Waals surface area contributed by atoms with E-state index in [2.05, 4.69) is 15.5 Å². The molecule has 0 saturated heterocycles. The summed E-state index contributed by atoms with van der Waals surface area (Å²) in [6.45, 7) is -0.259. The van der Waals surface area contributed by atoms with Crippen molar-refractivity contribution < 1.29 is 9.18 Å². The summed E-state index contributed by atoms with van der Waals surface area (Å²) in [4.78, 5) is 23.8. The number of anilines is 1. The second-order valence-corrected chi connectivity index (χ2v) is 4.69. The number of halogens is 1. The molecule has 1 amide bonds. The number of hydrogen-bond acceptors (Lipinski definition) is 4. The Morgan fingerprint density at radius 3 is 2.65 bits per heavy atom. The summed E-state index contributed by atoms with van der Waals surface area (Å²) in [5, 5.41) is 10.7. The van der Waals surface area contributed by atoms with Crippen molar-refractivity contribution in [1.29, 1.82) is 0 Å². The van der Waals surface area contributed by atoms with E-state index in [0.717, 1.165) is 4.68 Å². The van der Waals surface area contributed by atoms with Gasteiger partial charge in [-0.3, -0.25) is 9.59 Å². The Morgan fingerprint density at radius 1 is 1.17 bits per heavy atom. The lowest BCUT2D eigenvalue weighted by molar-refractivity contribution is -0.117. The van der Waals surface area contributed by atoms with Crippen molar-refractivity contribution >= 4 is 11.6 Å². The Balaban J connectivity index is 1.76. The summed E-state index contributed by atoms with van der Waals surface area (Å²) < 4.78 is 15.3. The fourth-order valence-corrected chi connectivity index (χ4v) is 1.95. The Morgan fingerprint density at radius 2 is 1.96 bits per heavy atom. The topological polar surface area (TPSA) is 81.8 Å². The first-order valence-electron chi connectivity index (χ1n) is 6.75. The summed E-state index contributed by atoms with van der Waals surface area (Å²) in [5.74, 6) is -0.416. The lowest BCUT2D eigenvalue weighted by Crippen LogP contribution is -2.30. The van der Waals surface area contributed by atoms with Crippen LogP contribution in [0.15, 0.2) is 59.7 Å². The van der Waals surface area contributed by atoms with E-state index < -0.39 is 17.3 Å². The van der Waals surface area contributed by atoms with Crippen LogP contribution in [0.1, 0.15) is 0 Å². The predicted molar refractivity (Wildman–Crippen MR) is 80.6 cm³/mol. The number of hydrogen-bond donors (Lipinski definition) is 1. The smallest absolute Gasteiger partial charge is 0.267 e. The zero-order valence-corrected chi connectivity index (χ0v) is 11.9. The third kappa shape index (κ3) is 3.49. The molecule has 1 aromatic carbocycles. The lowest BCUT2D eigenvalue weighted by atomic mass is 10.3. The van der Waals surface area contributed by atoms with Gasteiger partial charge < -0.3 is 5.32 Å². The predicted octanol–water partition coefficient (Wildman–Crippen LogP) is 1.21. The SMILES string of the molecule is O=C(Cn1nc(-n2cccn2)ccc1=O)Nc1ccc(F)cc1. The first-order valence-corrected chi connectivity index (χ1v) is 6.75. The molecule has 0 aliphatic rings. The highest BCUT2D eigenvalue weighted by atomic mass is 19.1. The van der Waals surface area contributed by atoms with Crippen LogP contribution in [0.4, 0.5) is 10.1 Å². The second-order valence-electron chi connectivity index (χ2n) is 4.69. The first-order chi connectivity index (χ1) is 11.1. The van der Waals surface area contributed by atoms with Crippen molar-refractivity contribution in [3.8, 4) is 5.82 Å². The number of carbonyl (C=O) groups is 1. The molecule has 0 saturated carbocycles. The summed E-state index contributed by atoms with van der Waals surface area (Å²) in [5.41, 5.74) is 0.0304. The molecular weight excluding hydrogens is 301 g/mol. The van der Waals surface area contributed by atoms with Crippen LogP contribution in [0, 0.1) is 5.82 Å². The molecule has 1 N–H and O–H groups in total. The van der Waals surface area contributed by atoms with Gasteiger partial charge in [-0.25, -0.2) is 13.8 Å². The number of nitrogens with zero attached hydrogens (tertiary/aromatic N) is 4. The minimum absolute atomic E-state index is 0.259. The molecule has 0 spiro atoms. The van der Waals surface area contributed by atoms with Crippen molar-refractivity contribution in [2.45, 2.75) is 6.54 Å². The molecule has 0 bridgehead atoms. The third-order valence-corrected chi connectivity index (χ3v) is 3.01. The minimum Gasteiger partial charge on any atom is -0.324 e. The van der Waals surface area contributed by atoms with Gasteiger partial charge in [0, 0.05) is 24.1 Å². The lowest BCUT2D eigenvalue weighted by Gasteiger charge is -2.08. The van der Waals surface area contributed by atoms with Gasteiger partial charge in [0.05, 0.1) is 0 Å². The maximum absolute atomic E-state index is 12.8. The number of nitrogens with one attached hydrogen (secondary N) is 1. The molecule has 3 aromatic rings. The fraction of sp³-hybridized carbons (Fsp3) is 0.0667. The van der Waals surface area contributed by atoms with Crippen LogP contribution in [0.2, 0.25) is 0 Å². The van der Waals surface area contributed by atoms with Crippen LogP contribution in [0.5, 0.6) is 0 Å². The Kier molecular flexibility index (Phi) is 3.96. The molecule has 8 heteroatoms. The quantitative estimate of drug-likeness (QED) is 0.785. The Hall–Kier alpha value is -3.29. The number of amides is 1. The fourth-order valence-electron chi connectivity index (χ4n) is 1.95. The molecule has 0 unspecified atom stereocenters. The van der Waals surface area contributed by atoms with Gasteiger partial charge in [0.15, 0.2) is 5.82 Å². The molecule has 0 atom stereocenters. The standard InChI is InChI=1S/C15H12FN5O2/c16-11-2-4-12(5-3-11)18-14(22)10-21-15(23)7-6-13(19-21)20-9-1-8-17-20/h1-9H,10H2,(H,18,22). The third-order valence-electron chi connectivity index (χ3n) is 3.01. The van der Waals surface area contributed by atoms with E-state index >= 15 is 0 Å². The maximum atomic E-state index is 12.8. The van der Waals surface area contributed by atoms with Crippen LogP contribution >= 0.6 is 0 Å². The number of carbonyl (C=O) groups excluding carboxylic acids is 1. The van der Waals surface area contributed by atoms with Crippen LogP contribution in [0.25, 0.3) is 5.82 Å². The van der Waals surface area contributed by atoms with Crippen molar-refractivity contribution in [3.05, 3.63) is 71.0 Å². The van der Waals surface area contributed by atoms with E-state index in [1.54, 1.807) is 18.5 Å².